The Balaban J connectivity index is 1.99. The van der Waals surface area contributed by atoms with Crippen LogP contribution in [0.4, 0.5) is 4.39 Å². The van der Waals surface area contributed by atoms with Crippen LogP contribution in [0.25, 0.3) is 10.1 Å². The molecule has 0 spiro atoms. The number of benzene rings is 1. The van der Waals surface area contributed by atoms with Gasteiger partial charge < -0.3 is 19.5 Å². The van der Waals surface area contributed by atoms with Crippen molar-refractivity contribution in [1.82, 2.24) is 4.90 Å². The molecule has 146 valence electrons. The SMILES string of the molecule is COCc1c(C(=O)N2CCCC(COC)(C(=O)O)C2)sc2cccc(F)c12. The summed E-state index contributed by atoms with van der Waals surface area (Å²) in [6.45, 7) is 0.676. The number of ether oxygens (including phenoxy) is 2. The van der Waals surface area contributed by atoms with Crippen molar-refractivity contribution in [2.45, 2.75) is 19.4 Å². The minimum atomic E-state index is -1.12. The second kappa shape index (κ2) is 7.92. The van der Waals surface area contributed by atoms with Crippen LogP contribution in [0.3, 0.4) is 0 Å². The molecule has 1 aliphatic heterocycles. The molecule has 2 aromatic rings. The maximum Gasteiger partial charge on any atom is 0.313 e. The van der Waals surface area contributed by atoms with Crippen LogP contribution in [0.2, 0.25) is 0 Å². The lowest BCUT2D eigenvalue weighted by Gasteiger charge is -2.39. The quantitative estimate of drug-likeness (QED) is 0.813. The Bertz CT molecular complexity index is 863. The summed E-state index contributed by atoms with van der Waals surface area (Å²) in [7, 11) is 2.95. The normalized spacial score (nSPS) is 20.2. The van der Waals surface area contributed by atoms with Gasteiger partial charge in [-0.3, -0.25) is 9.59 Å². The number of piperidine rings is 1. The van der Waals surface area contributed by atoms with Gasteiger partial charge in [0, 0.05) is 43.0 Å². The predicted molar refractivity (Wildman–Crippen MR) is 99.6 cm³/mol. The summed E-state index contributed by atoms with van der Waals surface area (Å²) in [5.41, 5.74) is -0.606. The van der Waals surface area contributed by atoms with E-state index in [0.717, 1.165) is 0 Å². The fourth-order valence-electron chi connectivity index (χ4n) is 3.70. The third-order valence-corrected chi connectivity index (χ3v) is 6.17. The van der Waals surface area contributed by atoms with Crippen LogP contribution in [-0.2, 0) is 20.9 Å². The lowest BCUT2D eigenvalue weighted by Crippen LogP contribution is -2.52. The minimum Gasteiger partial charge on any atom is -0.481 e. The van der Waals surface area contributed by atoms with Crippen molar-refractivity contribution >= 4 is 33.3 Å². The lowest BCUT2D eigenvalue weighted by atomic mass is 9.80. The molecule has 1 fully saturated rings. The van der Waals surface area contributed by atoms with Gasteiger partial charge in [-0.15, -0.1) is 11.3 Å². The number of carboxylic acids is 1. The fourth-order valence-corrected chi connectivity index (χ4v) is 4.89. The molecule has 1 unspecified atom stereocenters. The van der Waals surface area contributed by atoms with E-state index in [9.17, 15) is 19.1 Å². The molecule has 1 N–H and O–H groups in total. The number of fused-ring (bicyclic) bond motifs is 1. The Morgan fingerprint density at radius 2 is 2.11 bits per heavy atom. The molecule has 0 aliphatic carbocycles. The first-order valence-electron chi connectivity index (χ1n) is 8.64. The third-order valence-electron chi connectivity index (χ3n) is 4.98. The number of methoxy groups -OCH3 is 2. The summed E-state index contributed by atoms with van der Waals surface area (Å²) >= 11 is 1.21. The van der Waals surface area contributed by atoms with Gasteiger partial charge in [0.1, 0.15) is 11.2 Å². The summed E-state index contributed by atoms with van der Waals surface area (Å²) in [5, 5.41) is 10.1. The van der Waals surface area contributed by atoms with Crippen molar-refractivity contribution in [1.29, 1.82) is 0 Å². The van der Waals surface area contributed by atoms with E-state index >= 15 is 0 Å². The summed E-state index contributed by atoms with van der Waals surface area (Å²) in [5.74, 6) is -1.65. The number of aliphatic carboxylic acids is 1. The summed E-state index contributed by atoms with van der Waals surface area (Å²) in [6.07, 6.45) is 1.02. The molecule has 3 rings (SSSR count). The van der Waals surface area contributed by atoms with Gasteiger partial charge in [-0.2, -0.15) is 0 Å². The van der Waals surface area contributed by atoms with E-state index in [1.54, 1.807) is 17.0 Å². The van der Waals surface area contributed by atoms with E-state index in [4.69, 9.17) is 9.47 Å². The van der Waals surface area contributed by atoms with Crippen LogP contribution >= 0.6 is 11.3 Å². The molecule has 2 heterocycles. The van der Waals surface area contributed by atoms with Crippen molar-refractivity contribution in [3.63, 3.8) is 0 Å². The molecule has 1 aromatic carbocycles. The van der Waals surface area contributed by atoms with Crippen molar-refractivity contribution in [3.8, 4) is 0 Å². The molecule has 8 heteroatoms. The van der Waals surface area contributed by atoms with Gasteiger partial charge in [0.25, 0.3) is 5.91 Å². The Morgan fingerprint density at radius 3 is 2.78 bits per heavy atom. The largest absolute Gasteiger partial charge is 0.481 e. The fraction of sp³-hybridized carbons (Fsp3) is 0.474. The Kier molecular flexibility index (Phi) is 5.78. The predicted octanol–water partition coefficient (Wildman–Crippen LogP) is 3.14. The van der Waals surface area contributed by atoms with Gasteiger partial charge in [-0.25, -0.2) is 4.39 Å². The van der Waals surface area contributed by atoms with Crippen LogP contribution in [-0.4, -0.2) is 55.8 Å². The summed E-state index contributed by atoms with van der Waals surface area (Å²) in [4.78, 5) is 27.0. The smallest absolute Gasteiger partial charge is 0.313 e. The minimum absolute atomic E-state index is 0.0398. The van der Waals surface area contributed by atoms with Gasteiger partial charge in [0.15, 0.2) is 0 Å². The highest BCUT2D eigenvalue weighted by atomic mass is 32.1. The molecule has 0 radical (unpaired) electrons. The maximum absolute atomic E-state index is 14.4. The van der Waals surface area contributed by atoms with Crippen LogP contribution in [0.15, 0.2) is 18.2 Å². The molecule has 0 bridgehead atoms. The van der Waals surface area contributed by atoms with Crippen LogP contribution in [0.5, 0.6) is 0 Å². The highest BCUT2D eigenvalue weighted by molar-refractivity contribution is 7.21. The van der Waals surface area contributed by atoms with Crippen LogP contribution in [0.1, 0.15) is 28.1 Å². The number of halogens is 1. The summed E-state index contributed by atoms with van der Waals surface area (Å²) < 4.78 is 25.3. The van der Waals surface area contributed by atoms with Crippen LogP contribution < -0.4 is 0 Å². The number of hydrogen-bond acceptors (Lipinski definition) is 5. The first-order valence-corrected chi connectivity index (χ1v) is 9.45. The van der Waals surface area contributed by atoms with Crippen LogP contribution in [0, 0.1) is 11.2 Å². The summed E-state index contributed by atoms with van der Waals surface area (Å²) in [6, 6.07) is 4.73. The number of hydrogen-bond donors (Lipinski definition) is 1. The van der Waals surface area contributed by atoms with Crippen molar-refractivity contribution in [2.24, 2.45) is 5.41 Å². The van der Waals surface area contributed by atoms with E-state index in [1.807, 2.05) is 0 Å². The molecule has 1 saturated heterocycles. The topological polar surface area (TPSA) is 76.1 Å². The van der Waals surface area contributed by atoms with E-state index in [-0.39, 0.29) is 25.7 Å². The van der Waals surface area contributed by atoms with Gasteiger partial charge in [-0.1, -0.05) is 6.07 Å². The van der Waals surface area contributed by atoms with Crippen molar-refractivity contribution < 1.29 is 28.6 Å². The molecular weight excluding hydrogens is 373 g/mol. The van der Waals surface area contributed by atoms with Crippen molar-refractivity contribution in [3.05, 3.63) is 34.5 Å². The van der Waals surface area contributed by atoms with Crippen molar-refractivity contribution in [2.75, 3.05) is 33.9 Å². The maximum atomic E-state index is 14.4. The number of carbonyl (C=O) groups is 2. The van der Waals surface area contributed by atoms with Gasteiger partial charge in [0.05, 0.1) is 18.1 Å². The number of carboxylic acid groups (broad SMARTS) is 1. The Labute approximate surface area is 160 Å². The number of amides is 1. The highest BCUT2D eigenvalue weighted by Crippen LogP contribution is 2.37. The second-order valence-electron chi connectivity index (χ2n) is 6.80. The van der Waals surface area contributed by atoms with E-state index < -0.39 is 17.2 Å². The van der Waals surface area contributed by atoms with E-state index in [0.29, 0.717) is 39.9 Å². The molecule has 6 nitrogen and oxygen atoms in total. The zero-order valence-electron chi connectivity index (χ0n) is 15.3. The average molecular weight is 395 g/mol. The third kappa shape index (κ3) is 3.56. The molecule has 1 atom stereocenters. The first-order chi connectivity index (χ1) is 12.9. The molecule has 0 saturated carbocycles. The molecular formula is C19H22FNO5S. The van der Waals surface area contributed by atoms with E-state index in [1.165, 1.54) is 31.6 Å². The lowest BCUT2D eigenvalue weighted by molar-refractivity contribution is -0.155. The highest BCUT2D eigenvalue weighted by Gasteiger charge is 2.44. The second-order valence-corrected chi connectivity index (χ2v) is 7.86. The zero-order chi connectivity index (χ0) is 19.6. The number of carbonyl (C=O) groups excluding carboxylic acids is 1. The molecule has 1 aromatic heterocycles. The zero-order valence-corrected chi connectivity index (χ0v) is 16.1. The number of likely N-dealkylation sites (tertiary alicyclic amines) is 1. The average Bonchev–Trinajstić information content (AvgIpc) is 3.01. The Hall–Kier alpha value is -2.03. The van der Waals surface area contributed by atoms with Gasteiger partial charge in [-0.05, 0) is 25.0 Å². The number of thiophene rings is 1. The molecule has 1 amide bonds. The number of nitrogens with zero attached hydrogens (tertiary/aromatic N) is 1. The number of rotatable bonds is 6. The van der Waals surface area contributed by atoms with E-state index in [2.05, 4.69) is 0 Å². The van der Waals surface area contributed by atoms with Gasteiger partial charge in [0.2, 0.25) is 0 Å². The molecule has 1 aliphatic rings. The Morgan fingerprint density at radius 1 is 1.33 bits per heavy atom. The first kappa shape index (κ1) is 19.7. The van der Waals surface area contributed by atoms with Gasteiger partial charge >= 0.3 is 5.97 Å². The standard InChI is InChI=1S/C19H22FNO5S/c1-25-9-12-15-13(20)5-3-6-14(15)27-16(12)17(22)21-8-4-7-19(10-21,11-26-2)18(23)24/h3,5-6H,4,7-11H2,1-2H3,(H,23,24). The molecule has 27 heavy (non-hydrogen) atoms. The monoisotopic (exact) mass is 395 g/mol.